The molecule has 1 heterocycles. The van der Waals surface area contributed by atoms with Gasteiger partial charge in [0.2, 0.25) is 0 Å². The number of benzene rings is 1. The highest BCUT2D eigenvalue weighted by Crippen LogP contribution is 2.34. The van der Waals surface area contributed by atoms with Gasteiger partial charge < -0.3 is 9.84 Å². The average molecular weight is 270 g/mol. The molecule has 0 saturated heterocycles. The molecule has 0 unspecified atom stereocenters. The summed E-state index contributed by atoms with van der Waals surface area (Å²) in [6, 6.07) is 3.93. The Morgan fingerprint density at radius 2 is 2.17 bits per heavy atom. The van der Waals surface area contributed by atoms with Gasteiger partial charge in [-0.1, -0.05) is 11.6 Å². The zero-order valence-corrected chi connectivity index (χ0v) is 11.9. The SMILES string of the molecule is CN(Cc1cc(Cl)cc2c1OCC2)C(C)(C)CO. The number of halogens is 1. The standard InChI is InChI=1S/C14H20ClNO2/c1-14(2,9-17)16(3)8-11-7-12(15)6-10-4-5-18-13(10)11/h6-7,17H,4-5,8-9H2,1-3H3. The Bertz CT molecular complexity index is 446. The highest BCUT2D eigenvalue weighted by molar-refractivity contribution is 6.30. The summed E-state index contributed by atoms with van der Waals surface area (Å²) < 4.78 is 5.68. The predicted octanol–water partition coefficient (Wildman–Crippen LogP) is 2.48. The number of ether oxygens (including phenoxy) is 1. The number of fused-ring (bicyclic) bond motifs is 1. The van der Waals surface area contributed by atoms with Crippen LogP contribution in [0.15, 0.2) is 12.1 Å². The number of hydrogen-bond donors (Lipinski definition) is 1. The topological polar surface area (TPSA) is 32.7 Å². The molecule has 1 aliphatic rings. The van der Waals surface area contributed by atoms with Crippen molar-refractivity contribution in [3.63, 3.8) is 0 Å². The summed E-state index contributed by atoms with van der Waals surface area (Å²) in [6.45, 7) is 5.59. The van der Waals surface area contributed by atoms with Crippen molar-refractivity contribution < 1.29 is 9.84 Å². The molecule has 0 radical (unpaired) electrons. The summed E-state index contributed by atoms with van der Waals surface area (Å²) in [7, 11) is 2.00. The third-order valence-electron chi connectivity index (χ3n) is 3.65. The summed E-state index contributed by atoms with van der Waals surface area (Å²) >= 11 is 6.14. The third kappa shape index (κ3) is 2.63. The summed E-state index contributed by atoms with van der Waals surface area (Å²) in [4.78, 5) is 2.11. The fraction of sp³-hybridized carbons (Fsp3) is 0.571. The van der Waals surface area contributed by atoms with Crippen molar-refractivity contribution in [2.75, 3.05) is 20.3 Å². The minimum absolute atomic E-state index is 0.118. The summed E-state index contributed by atoms with van der Waals surface area (Å²) in [5.41, 5.74) is 2.03. The Morgan fingerprint density at radius 1 is 1.44 bits per heavy atom. The van der Waals surface area contributed by atoms with Crippen LogP contribution < -0.4 is 4.74 Å². The van der Waals surface area contributed by atoms with Crippen molar-refractivity contribution in [1.82, 2.24) is 4.90 Å². The zero-order valence-electron chi connectivity index (χ0n) is 11.2. The van der Waals surface area contributed by atoms with Gasteiger partial charge in [-0.05, 0) is 38.6 Å². The molecule has 1 aliphatic heterocycles. The molecule has 0 bridgehead atoms. The number of aliphatic hydroxyl groups excluding tert-OH is 1. The van der Waals surface area contributed by atoms with Crippen LogP contribution in [0, 0.1) is 0 Å². The van der Waals surface area contributed by atoms with E-state index in [0.717, 1.165) is 35.9 Å². The van der Waals surface area contributed by atoms with E-state index in [9.17, 15) is 5.11 Å². The molecule has 0 saturated carbocycles. The van der Waals surface area contributed by atoms with Crippen molar-refractivity contribution in [2.24, 2.45) is 0 Å². The minimum atomic E-state index is -0.256. The smallest absolute Gasteiger partial charge is 0.127 e. The van der Waals surface area contributed by atoms with Crippen LogP contribution in [0.2, 0.25) is 5.02 Å². The molecule has 1 N–H and O–H groups in total. The quantitative estimate of drug-likeness (QED) is 0.912. The van der Waals surface area contributed by atoms with Crippen LogP contribution in [0.3, 0.4) is 0 Å². The molecule has 0 atom stereocenters. The van der Waals surface area contributed by atoms with Gasteiger partial charge in [-0.3, -0.25) is 4.90 Å². The van der Waals surface area contributed by atoms with Crippen LogP contribution in [0.1, 0.15) is 25.0 Å². The van der Waals surface area contributed by atoms with E-state index in [4.69, 9.17) is 16.3 Å². The Labute approximate surface area is 113 Å². The summed E-state index contributed by atoms with van der Waals surface area (Å²) in [6.07, 6.45) is 0.927. The lowest BCUT2D eigenvalue weighted by atomic mass is 10.0. The monoisotopic (exact) mass is 269 g/mol. The first-order valence-corrected chi connectivity index (χ1v) is 6.58. The van der Waals surface area contributed by atoms with E-state index >= 15 is 0 Å². The Balaban J connectivity index is 2.25. The van der Waals surface area contributed by atoms with Crippen molar-refractivity contribution in [3.8, 4) is 5.75 Å². The first-order chi connectivity index (χ1) is 8.44. The van der Waals surface area contributed by atoms with Gasteiger partial charge >= 0.3 is 0 Å². The number of nitrogens with zero attached hydrogens (tertiary/aromatic N) is 1. The first kappa shape index (κ1) is 13.7. The molecule has 18 heavy (non-hydrogen) atoms. The van der Waals surface area contributed by atoms with Gasteiger partial charge in [0.15, 0.2) is 0 Å². The molecule has 0 amide bonds. The van der Waals surface area contributed by atoms with Crippen LogP contribution in [0.4, 0.5) is 0 Å². The molecule has 100 valence electrons. The van der Waals surface area contributed by atoms with E-state index in [0.29, 0.717) is 0 Å². The largest absolute Gasteiger partial charge is 0.493 e. The highest BCUT2D eigenvalue weighted by Gasteiger charge is 2.25. The van der Waals surface area contributed by atoms with Crippen LogP contribution in [-0.2, 0) is 13.0 Å². The van der Waals surface area contributed by atoms with Gasteiger partial charge in [0, 0.05) is 29.1 Å². The lowest BCUT2D eigenvalue weighted by Crippen LogP contribution is -2.43. The maximum Gasteiger partial charge on any atom is 0.127 e. The molecule has 1 aromatic rings. The minimum Gasteiger partial charge on any atom is -0.493 e. The zero-order chi connectivity index (χ0) is 13.3. The molecule has 0 aliphatic carbocycles. The van der Waals surface area contributed by atoms with Gasteiger partial charge in [0.25, 0.3) is 0 Å². The van der Waals surface area contributed by atoms with E-state index < -0.39 is 0 Å². The first-order valence-electron chi connectivity index (χ1n) is 6.20. The van der Waals surface area contributed by atoms with Crippen molar-refractivity contribution in [2.45, 2.75) is 32.4 Å². The summed E-state index contributed by atoms with van der Waals surface area (Å²) in [5.74, 6) is 0.972. The van der Waals surface area contributed by atoms with E-state index in [1.807, 2.05) is 33.0 Å². The van der Waals surface area contributed by atoms with E-state index in [2.05, 4.69) is 4.90 Å². The van der Waals surface area contributed by atoms with Crippen LogP contribution in [-0.4, -0.2) is 35.8 Å². The Kier molecular flexibility index (Phi) is 3.85. The fourth-order valence-electron chi connectivity index (χ4n) is 2.05. The Hall–Kier alpha value is -0.770. The number of hydrogen-bond acceptors (Lipinski definition) is 3. The molecule has 0 fully saturated rings. The Morgan fingerprint density at radius 3 is 2.83 bits per heavy atom. The number of rotatable bonds is 4. The van der Waals surface area contributed by atoms with Crippen LogP contribution in [0.25, 0.3) is 0 Å². The second-order valence-electron chi connectivity index (χ2n) is 5.48. The third-order valence-corrected chi connectivity index (χ3v) is 3.87. The van der Waals surface area contributed by atoms with Crippen molar-refractivity contribution in [3.05, 3.63) is 28.3 Å². The number of aliphatic hydroxyl groups is 1. The molecular formula is C14H20ClNO2. The lowest BCUT2D eigenvalue weighted by Gasteiger charge is -2.34. The van der Waals surface area contributed by atoms with Crippen molar-refractivity contribution in [1.29, 1.82) is 0 Å². The number of likely N-dealkylation sites (N-methyl/N-ethyl adjacent to an activating group) is 1. The maximum absolute atomic E-state index is 9.39. The van der Waals surface area contributed by atoms with Crippen LogP contribution in [0.5, 0.6) is 5.75 Å². The van der Waals surface area contributed by atoms with E-state index in [1.54, 1.807) is 0 Å². The van der Waals surface area contributed by atoms with Gasteiger partial charge in [-0.25, -0.2) is 0 Å². The maximum atomic E-state index is 9.39. The van der Waals surface area contributed by atoms with Gasteiger partial charge in [-0.2, -0.15) is 0 Å². The van der Waals surface area contributed by atoms with E-state index in [-0.39, 0.29) is 12.1 Å². The molecule has 0 aromatic heterocycles. The van der Waals surface area contributed by atoms with Gasteiger partial charge in [0.05, 0.1) is 13.2 Å². The molecular weight excluding hydrogens is 250 g/mol. The molecule has 3 nitrogen and oxygen atoms in total. The van der Waals surface area contributed by atoms with E-state index in [1.165, 1.54) is 5.56 Å². The van der Waals surface area contributed by atoms with Crippen LogP contribution >= 0.6 is 11.6 Å². The lowest BCUT2D eigenvalue weighted by molar-refractivity contribution is 0.0728. The second-order valence-corrected chi connectivity index (χ2v) is 5.91. The molecule has 1 aromatic carbocycles. The van der Waals surface area contributed by atoms with Gasteiger partial charge in [-0.15, -0.1) is 0 Å². The second kappa shape index (κ2) is 5.08. The molecule has 0 spiro atoms. The fourth-order valence-corrected chi connectivity index (χ4v) is 2.32. The van der Waals surface area contributed by atoms with Gasteiger partial charge in [0.1, 0.15) is 5.75 Å². The predicted molar refractivity (Wildman–Crippen MR) is 73.3 cm³/mol. The molecule has 2 rings (SSSR count). The molecule has 4 heteroatoms. The average Bonchev–Trinajstić information content (AvgIpc) is 2.76. The highest BCUT2D eigenvalue weighted by atomic mass is 35.5. The summed E-state index contributed by atoms with van der Waals surface area (Å²) in [5, 5.41) is 10.1. The van der Waals surface area contributed by atoms with Crippen molar-refractivity contribution >= 4 is 11.6 Å². The normalized spacial score (nSPS) is 14.8.